The lowest BCUT2D eigenvalue weighted by Crippen LogP contribution is -2.23. The van der Waals surface area contributed by atoms with Crippen LogP contribution in [-0.4, -0.2) is 21.0 Å². The first kappa shape index (κ1) is 16.9. The molecule has 28 heavy (non-hydrogen) atoms. The Morgan fingerprint density at radius 2 is 1.79 bits per heavy atom. The van der Waals surface area contributed by atoms with Crippen LogP contribution in [0.25, 0.3) is 32.9 Å². The fraction of sp³-hybridized carbons (Fsp3) is 0.261. The summed E-state index contributed by atoms with van der Waals surface area (Å²) in [5.74, 6) is 1.15. The Kier molecular flexibility index (Phi) is 4.28. The molecule has 3 N–H and O–H groups in total. The number of aromatic nitrogens is 3. The molecule has 0 radical (unpaired) electrons. The van der Waals surface area contributed by atoms with Gasteiger partial charge >= 0.3 is 0 Å². The molecule has 2 heterocycles. The Labute approximate surface area is 164 Å². The number of fused-ring (bicyclic) bond motifs is 2. The molecular weight excluding hydrogens is 346 g/mol. The van der Waals surface area contributed by atoms with Gasteiger partial charge in [-0.05, 0) is 36.6 Å². The van der Waals surface area contributed by atoms with Gasteiger partial charge in [-0.1, -0.05) is 49.6 Å². The van der Waals surface area contributed by atoms with E-state index in [1.807, 2.05) is 18.3 Å². The van der Waals surface area contributed by atoms with Gasteiger partial charge in [-0.2, -0.15) is 4.98 Å². The van der Waals surface area contributed by atoms with Gasteiger partial charge < -0.3 is 11.1 Å². The highest BCUT2D eigenvalue weighted by Crippen LogP contribution is 2.32. The number of nitrogens with zero attached hydrogens (tertiary/aromatic N) is 3. The molecule has 2 aromatic carbocycles. The van der Waals surface area contributed by atoms with E-state index in [4.69, 9.17) is 5.73 Å². The highest BCUT2D eigenvalue weighted by molar-refractivity contribution is 5.98. The van der Waals surface area contributed by atoms with E-state index in [1.54, 1.807) is 0 Å². The quantitative estimate of drug-likeness (QED) is 0.521. The summed E-state index contributed by atoms with van der Waals surface area (Å²) in [6.07, 6.45) is 8.05. The second-order valence-electron chi connectivity index (χ2n) is 7.52. The number of para-hydroxylation sites is 1. The van der Waals surface area contributed by atoms with E-state index in [2.05, 4.69) is 56.7 Å². The third-order valence-electron chi connectivity index (χ3n) is 5.60. The van der Waals surface area contributed by atoms with Crippen molar-refractivity contribution in [2.75, 3.05) is 11.1 Å². The molecule has 5 heteroatoms. The average molecular weight is 369 g/mol. The van der Waals surface area contributed by atoms with Gasteiger partial charge in [0.05, 0.1) is 11.0 Å². The molecule has 140 valence electrons. The Morgan fingerprint density at radius 1 is 0.929 bits per heavy atom. The van der Waals surface area contributed by atoms with Gasteiger partial charge in [0.1, 0.15) is 5.82 Å². The maximum atomic E-state index is 5.98. The van der Waals surface area contributed by atoms with Crippen LogP contribution in [0.5, 0.6) is 0 Å². The van der Waals surface area contributed by atoms with Crippen LogP contribution in [0.1, 0.15) is 32.1 Å². The van der Waals surface area contributed by atoms with Crippen molar-refractivity contribution in [3.05, 3.63) is 54.7 Å². The zero-order valence-corrected chi connectivity index (χ0v) is 15.7. The lowest BCUT2D eigenvalue weighted by atomic mass is 9.95. The van der Waals surface area contributed by atoms with Crippen molar-refractivity contribution < 1.29 is 0 Å². The van der Waals surface area contributed by atoms with Crippen molar-refractivity contribution in [1.82, 2.24) is 15.0 Å². The maximum absolute atomic E-state index is 5.98. The molecule has 0 atom stereocenters. The second kappa shape index (κ2) is 7.08. The monoisotopic (exact) mass is 369 g/mol. The molecule has 1 fully saturated rings. The topological polar surface area (TPSA) is 76.7 Å². The number of nitrogen functional groups attached to an aromatic ring is 1. The van der Waals surface area contributed by atoms with E-state index in [1.165, 1.54) is 32.1 Å². The fourth-order valence-corrected chi connectivity index (χ4v) is 4.20. The van der Waals surface area contributed by atoms with Gasteiger partial charge in [-0.3, -0.25) is 4.98 Å². The van der Waals surface area contributed by atoms with Crippen LogP contribution in [0.2, 0.25) is 0 Å². The van der Waals surface area contributed by atoms with Crippen molar-refractivity contribution in [3.8, 4) is 11.1 Å². The van der Waals surface area contributed by atoms with Crippen molar-refractivity contribution in [2.45, 2.75) is 38.1 Å². The van der Waals surface area contributed by atoms with E-state index >= 15 is 0 Å². The minimum Gasteiger partial charge on any atom is -0.368 e. The normalized spacial score (nSPS) is 15.1. The van der Waals surface area contributed by atoms with Crippen LogP contribution in [0.4, 0.5) is 11.8 Å². The summed E-state index contributed by atoms with van der Waals surface area (Å²) in [4.78, 5) is 13.6. The minimum atomic E-state index is 0.311. The van der Waals surface area contributed by atoms with Crippen molar-refractivity contribution in [2.24, 2.45) is 0 Å². The Hall–Kier alpha value is -3.21. The Bertz CT molecular complexity index is 1140. The van der Waals surface area contributed by atoms with Gasteiger partial charge in [0.15, 0.2) is 0 Å². The molecule has 1 aliphatic carbocycles. The summed E-state index contributed by atoms with van der Waals surface area (Å²) in [5.41, 5.74) is 10.1. The highest BCUT2D eigenvalue weighted by atomic mass is 15.1. The van der Waals surface area contributed by atoms with Crippen molar-refractivity contribution >= 4 is 33.6 Å². The molecule has 0 aliphatic heterocycles. The number of nitrogens with two attached hydrogens (primary N) is 1. The van der Waals surface area contributed by atoms with E-state index < -0.39 is 0 Å². The van der Waals surface area contributed by atoms with E-state index in [0.717, 1.165) is 38.8 Å². The lowest BCUT2D eigenvalue weighted by molar-refractivity contribution is 0.462. The van der Waals surface area contributed by atoms with Gasteiger partial charge in [0.2, 0.25) is 5.95 Å². The molecule has 2 aromatic heterocycles. The minimum absolute atomic E-state index is 0.311. The molecule has 1 aliphatic rings. The predicted molar refractivity (Wildman–Crippen MR) is 115 cm³/mol. The molecule has 0 bridgehead atoms. The lowest BCUT2D eigenvalue weighted by Gasteiger charge is -2.24. The molecule has 0 saturated heterocycles. The third-order valence-corrected chi connectivity index (χ3v) is 5.60. The first-order chi connectivity index (χ1) is 13.8. The molecule has 0 amide bonds. The second-order valence-corrected chi connectivity index (χ2v) is 7.52. The molecular formula is C23H23N5. The largest absolute Gasteiger partial charge is 0.368 e. The van der Waals surface area contributed by atoms with Crippen LogP contribution in [0.15, 0.2) is 54.7 Å². The summed E-state index contributed by atoms with van der Waals surface area (Å²) in [7, 11) is 0. The smallest absolute Gasteiger partial charge is 0.222 e. The van der Waals surface area contributed by atoms with Crippen LogP contribution in [0.3, 0.4) is 0 Å². The number of pyridine rings is 1. The van der Waals surface area contributed by atoms with Crippen LogP contribution >= 0.6 is 0 Å². The van der Waals surface area contributed by atoms with Crippen LogP contribution in [-0.2, 0) is 0 Å². The molecule has 0 spiro atoms. The summed E-state index contributed by atoms with van der Waals surface area (Å²) in [6, 6.07) is 17.1. The van der Waals surface area contributed by atoms with E-state index in [0.29, 0.717) is 12.0 Å². The number of benzene rings is 2. The summed E-state index contributed by atoms with van der Waals surface area (Å²) >= 11 is 0. The van der Waals surface area contributed by atoms with Crippen molar-refractivity contribution in [1.29, 1.82) is 0 Å². The zero-order chi connectivity index (χ0) is 18.9. The standard InChI is InChI=1S/C23H23N5/c24-23-27-20-12-11-16(18-10-4-6-15-7-5-13-25-21(15)18)14-19(20)22(28-23)26-17-8-2-1-3-9-17/h4-7,10-14,17H,1-3,8-9H2,(H3,24,26,27,28). The van der Waals surface area contributed by atoms with E-state index in [-0.39, 0.29) is 0 Å². The van der Waals surface area contributed by atoms with Gasteiger partial charge in [0, 0.05) is 28.6 Å². The van der Waals surface area contributed by atoms with Crippen LogP contribution < -0.4 is 11.1 Å². The molecule has 4 aromatic rings. The number of hydrogen-bond donors (Lipinski definition) is 2. The highest BCUT2D eigenvalue weighted by Gasteiger charge is 2.16. The third kappa shape index (κ3) is 3.13. The van der Waals surface area contributed by atoms with Gasteiger partial charge in [-0.25, -0.2) is 4.98 Å². The zero-order valence-electron chi connectivity index (χ0n) is 15.7. The first-order valence-electron chi connectivity index (χ1n) is 9.96. The van der Waals surface area contributed by atoms with Crippen LogP contribution in [0, 0.1) is 0 Å². The molecule has 1 saturated carbocycles. The first-order valence-corrected chi connectivity index (χ1v) is 9.96. The van der Waals surface area contributed by atoms with Gasteiger partial charge in [0.25, 0.3) is 0 Å². The van der Waals surface area contributed by atoms with Crippen molar-refractivity contribution in [3.63, 3.8) is 0 Å². The Balaban J connectivity index is 1.63. The maximum Gasteiger partial charge on any atom is 0.222 e. The SMILES string of the molecule is Nc1nc(NC2CCCCC2)c2cc(-c3cccc4cccnc34)ccc2n1. The molecule has 0 unspecified atom stereocenters. The Morgan fingerprint density at radius 3 is 2.68 bits per heavy atom. The summed E-state index contributed by atoms with van der Waals surface area (Å²) in [6.45, 7) is 0. The van der Waals surface area contributed by atoms with Gasteiger partial charge in [-0.15, -0.1) is 0 Å². The average Bonchev–Trinajstić information content (AvgIpc) is 2.74. The predicted octanol–water partition coefficient (Wildman–Crippen LogP) is 5.17. The fourth-order valence-electron chi connectivity index (χ4n) is 4.20. The molecule has 5 nitrogen and oxygen atoms in total. The van der Waals surface area contributed by atoms with E-state index in [9.17, 15) is 0 Å². The summed E-state index contributed by atoms with van der Waals surface area (Å²) < 4.78 is 0. The number of rotatable bonds is 3. The number of hydrogen-bond acceptors (Lipinski definition) is 5. The molecule has 5 rings (SSSR count). The summed E-state index contributed by atoms with van der Waals surface area (Å²) in [5, 5.41) is 5.77. The number of nitrogens with one attached hydrogen (secondary N) is 1. The number of anilines is 2.